The van der Waals surface area contributed by atoms with E-state index in [-0.39, 0.29) is 12.5 Å². The largest absolute Gasteiger partial charge is 0.355 e. The highest BCUT2D eigenvalue weighted by molar-refractivity contribution is 6.31. The van der Waals surface area contributed by atoms with Gasteiger partial charge in [-0.3, -0.25) is 15.4 Å². The molecule has 19 heavy (non-hydrogen) atoms. The number of rotatable bonds is 6. The van der Waals surface area contributed by atoms with E-state index in [1.54, 1.807) is 12.1 Å². The molecule has 0 aliphatic heterocycles. The van der Waals surface area contributed by atoms with Crippen molar-refractivity contribution in [1.82, 2.24) is 10.6 Å². The van der Waals surface area contributed by atoms with Gasteiger partial charge in [0.15, 0.2) is 0 Å². The van der Waals surface area contributed by atoms with Gasteiger partial charge in [-0.2, -0.15) is 0 Å². The first-order valence-electron chi connectivity index (χ1n) is 5.89. The van der Waals surface area contributed by atoms with Crippen molar-refractivity contribution >= 4 is 29.1 Å². The van der Waals surface area contributed by atoms with Gasteiger partial charge in [-0.25, -0.2) is 0 Å². The molecule has 0 saturated heterocycles. The molecular formula is C12H17ClN4O2. The lowest BCUT2D eigenvalue weighted by Crippen LogP contribution is -2.37. The van der Waals surface area contributed by atoms with Crippen LogP contribution in [0.25, 0.3) is 0 Å². The van der Waals surface area contributed by atoms with E-state index in [0.29, 0.717) is 22.8 Å². The molecule has 0 aliphatic rings. The fourth-order valence-electron chi connectivity index (χ4n) is 1.41. The van der Waals surface area contributed by atoms with Crippen LogP contribution in [0, 0.1) is 0 Å². The minimum atomic E-state index is -0.415. The summed E-state index contributed by atoms with van der Waals surface area (Å²) in [4.78, 5) is 23.3. The summed E-state index contributed by atoms with van der Waals surface area (Å²) in [5.74, 6) is 4.66. The second kappa shape index (κ2) is 7.60. The van der Waals surface area contributed by atoms with Gasteiger partial charge in [0.05, 0.1) is 17.8 Å². The molecule has 0 heterocycles. The number of hydrogen-bond donors (Lipinski definition) is 4. The monoisotopic (exact) mass is 284 g/mol. The van der Waals surface area contributed by atoms with E-state index in [4.69, 9.17) is 17.4 Å². The molecule has 1 aromatic rings. The van der Waals surface area contributed by atoms with Gasteiger partial charge in [-0.15, -0.1) is 0 Å². The standard InChI is InChI=1S/C12H17ClN4O2/c1-2-5-15-11(18)7-16-12(19)9-6-8(13)3-4-10(9)17-14/h3-4,6,17H,2,5,7,14H2,1H3,(H,15,18)(H,16,19). The Morgan fingerprint density at radius 1 is 1.32 bits per heavy atom. The van der Waals surface area contributed by atoms with Crippen LogP contribution in [-0.4, -0.2) is 24.9 Å². The summed E-state index contributed by atoms with van der Waals surface area (Å²) >= 11 is 5.82. The maximum Gasteiger partial charge on any atom is 0.253 e. The summed E-state index contributed by atoms with van der Waals surface area (Å²) in [6.07, 6.45) is 0.842. The number of nitrogen functional groups attached to an aromatic ring is 1. The molecule has 5 N–H and O–H groups in total. The fraction of sp³-hybridized carbons (Fsp3) is 0.333. The predicted octanol–water partition coefficient (Wildman–Crippen LogP) is 0.882. The highest BCUT2D eigenvalue weighted by Crippen LogP contribution is 2.19. The minimum absolute atomic E-state index is 0.0879. The van der Waals surface area contributed by atoms with Crippen LogP contribution >= 0.6 is 11.6 Å². The van der Waals surface area contributed by atoms with Crippen molar-refractivity contribution in [3.05, 3.63) is 28.8 Å². The normalized spacial score (nSPS) is 9.84. The molecule has 0 aliphatic carbocycles. The predicted molar refractivity (Wildman–Crippen MR) is 74.9 cm³/mol. The molecule has 0 radical (unpaired) electrons. The molecule has 7 heteroatoms. The van der Waals surface area contributed by atoms with Crippen molar-refractivity contribution in [3.8, 4) is 0 Å². The van der Waals surface area contributed by atoms with Crippen LogP contribution < -0.4 is 21.9 Å². The van der Waals surface area contributed by atoms with Crippen LogP contribution in [0.4, 0.5) is 5.69 Å². The number of amides is 2. The zero-order chi connectivity index (χ0) is 14.3. The van der Waals surface area contributed by atoms with Crippen LogP contribution in [0.2, 0.25) is 5.02 Å². The number of benzene rings is 1. The number of nitrogens with two attached hydrogens (primary N) is 1. The third-order valence-corrected chi connectivity index (χ3v) is 2.60. The average Bonchev–Trinajstić information content (AvgIpc) is 2.42. The number of hydrogen-bond acceptors (Lipinski definition) is 4. The lowest BCUT2D eigenvalue weighted by atomic mass is 10.1. The lowest BCUT2D eigenvalue weighted by Gasteiger charge is -2.10. The zero-order valence-corrected chi connectivity index (χ0v) is 11.4. The van der Waals surface area contributed by atoms with E-state index in [1.165, 1.54) is 6.07 Å². The minimum Gasteiger partial charge on any atom is -0.355 e. The second-order valence-corrected chi connectivity index (χ2v) is 4.30. The van der Waals surface area contributed by atoms with E-state index in [2.05, 4.69) is 16.1 Å². The van der Waals surface area contributed by atoms with Gasteiger partial charge >= 0.3 is 0 Å². The Kier molecular flexibility index (Phi) is 6.11. The van der Waals surface area contributed by atoms with Gasteiger partial charge in [0.2, 0.25) is 5.91 Å². The van der Waals surface area contributed by atoms with Gasteiger partial charge in [-0.05, 0) is 24.6 Å². The topological polar surface area (TPSA) is 96.2 Å². The molecule has 0 saturated carbocycles. The molecule has 6 nitrogen and oxygen atoms in total. The van der Waals surface area contributed by atoms with Crippen molar-refractivity contribution in [2.24, 2.45) is 5.84 Å². The van der Waals surface area contributed by atoms with Crippen LogP contribution in [0.1, 0.15) is 23.7 Å². The summed E-state index contributed by atoms with van der Waals surface area (Å²) in [5, 5.41) is 5.58. The van der Waals surface area contributed by atoms with E-state index in [9.17, 15) is 9.59 Å². The van der Waals surface area contributed by atoms with Gasteiger partial charge in [0.25, 0.3) is 5.91 Å². The third kappa shape index (κ3) is 4.76. The van der Waals surface area contributed by atoms with Gasteiger partial charge in [0.1, 0.15) is 0 Å². The maximum absolute atomic E-state index is 11.9. The third-order valence-electron chi connectivity index (χ3n) is 2.36. The molecule has 104 valence electrons. The first-order chi connectivity index (χ1) is 9.08. The van der Waals surface area contributed by atoms with Crippen molar-refractivity contribution in [3.63, 3.8) is 0 Å². The van der Waals surface area contributed by atoms with E-state index < -0.39 is 5.91 Å². The molecule has 1 rings (SSSR count). The molecular weight excluding hydrogens is 268 g/mol. The second-order valence-electron chi connectivity index (χ2n) is 3.87. The molecule has 0 fully saturated rings. The Morgan fingerprint density at radius 3 is 2.68 bits per heavy atom. The number of anilines is 1. The van der Waals surface area contributed by atoms with E-state index >= 15 is 0 Å². The van der Waals surface area contributed by atoms with Crippen LogP contribution in [-0.2, 0) is 4.79 Å². The summed E-state index contributed by atoms with van der Waals surface area (Å²) < 4.78 is 0. The van der Waals surface area contributed by atoms with Gasteiger partial charge < -0.3 is 16.1 Å². The Labute approximate surface area is 116 Å². The molecule has 0 spiro atoms. The molecule has 0 bridgehead atoms. The summed E-state index contributed by atoms with van der Waals surface area (Å²) in [5.41, 5.74) is 3.14. The molecule has 2 amide bonds. The fourth-order valence-corrected chi connectivity index (χ4v) is 1.59. The first kappa shape index (κ1) is 15.3. The van der Waals surface area contributed by atoms with Crippen molar-refractivity contribution in [1.29, 1.82) is 0 Å². The molecule has 0 aromatic heterocycles. The summed E-state index contributed by atoms with van der Waals surface area (Å²) in [6.45, 7) is 2.45. The van der Waals surface area contributed by atoms with Gasteiger partial charge in [-0.1, -0.05) is 18.5 Å². The highest BCUT2D eigenvalue weighted by Gasteiger charge is 2.12. The highest BCUT2D eigenvalue weighted by atomic mass is 35.5. The SMILES string of the molecule is CCCNC(=O)CNC(=O)c1cc(Cl)ccc1NN. The maximum atomic E-state index is 11.9. The van der Waals surface area contributed by atoms with Crippen molar-refractivity contribution in [2.45, 2.75) is 13.3 Å². The van der Waals surface area contributed by atoms with Crippen molar-refractivity contribution in [2.75, 3.05) is 18.5 Å². The van der Waals surface area contributed by atoms with Crippen molar-refractivity contribution < 1.29 is 9.59 Å². The Bertz CT molecular complexity index is 465. The first-order valence-corrected chi connectivity index (χ1v) is 6.27. The van der Waals surface area contributed by atoms with E-state index in [0.717, 1.165) is 6.42 Å². The Morgan fingerprint density at radius 2 is 2.05 bits per heavy atom. The lowest BCUT2D eigenvalue weighted by molar-refractivity contribution is -0.120. The Balaban J connectivity index is 2.63. The van der Waals surface area contributed by atoms with Crippen LogP contribution in [0.15, 0.2) is 18.2 Å². The number of halogens is 1. The summed E-state index contributed by atoms with van der Waals surface area (Å²) in [7, 11) is 0. The molecule has 0 atom stereocenters. The molecule has 0 unspecified atom stereocenters. The van der Waals surface area contributed by atoms with Gasteiger partial charge in [0, 0.05) is 11.6 Å². The average molecular weight is 285 g/mol. The zero-order valence-electron chi connectivity index (χ0n) is 10.6. The number of nitrogens with one attached hydrogen (secondary N) is 3. The van der Waals surface area contributed by atoms with Crippen LogP contribution in [0.3, 0.4) is 0 Å². The number of carbonyl (C=O) groups is 2. The number of carbonyl (C=O) groups excluding carboxylic acids is 2. The smallest absolute Gasteiger partial charge is 0.253 e. The summed E-state index contributed by atoms with van der Waals surface area (Å²) in [6, 6.07) is 4.69. The Hall–Kier alpha value is -1.79. The van der Waals surface area contributed by atoms with E-state index in [1.807, 2.05) is 6.92 Å². The number of hydrazine groups is 1. The molecule has 1 aromatic carbocycles. The van der Waals surface area contributed by atoms with Crippen LogP contribution in [0.5, 0.6) is 0 Å². The quantitative estimate of drug-likeness (QED) is 0.461.